The van der Waals surface area contributed by atoms with E-state index in [0.29, 0.717) is 0 Å². The average Bonchev–Trinajstić information content (AvgIpc) is 3.51. The molecule has 3 heterocycles. The summed E-state index contributed by atoms with van der Waals surface area (Å²) in [4.78, 5) is 9.55. The fraction of sp³-hybridized carbons (Fsp3) is 0.261. The van der Waals surface area contributed by atoms with Gasteiger partial charge in [0.1, 0.15) is 0 Å². The van der Waals surface area contributed by atoms with Crippen LogP contribution in [0.4, 0.5) is 0 Å². The molecule has 0 saturated heterocycles. The Balaban J connectivity index is 0.000000182. The number of pyridine rings is 2. The predicted molar refractivity (Wildman–Crippen MR) is 218 cm³/mol. The molecule has 0 bridgehead atoms. The van der Waals surface area contributed by atoms with Crippen molar-refractivity contribution in [2.45, 2.75) is 72.5 Å². The second-order valence-corrected chi connectivity index (χ2v) is 21.8. The minimum absolute atomic E-state index is 0. The zero-order valence-electron chi connectivity index (χ0n) is 30.6. The number of thiophene rings is 1. The third kappa shape index (κ3) is 8.18. The molecule has 0 saturated carbocycles. The van der Waals surface area contributed by atoms with Gasteiger partial charge in [0, 0.05) is 37.2 Å². The summed E-state index contributed by atoms with van der Waals surface area (Å²) in [5, 5.41) is 4.14. The van der Waals surface area contributed by atoms with Crippen LogP contribution in [0.25, 0.3) is 53.8 Å². The number of nitrogens with zero attached hydrogens (tertiary/aromatic N) is 2. The monoisotopic (exact) mass is 879 g/mol. The molecular weight excluding hydrogens is 833 g/mol. The third-order valence-corrected chi connectivity index (χ3v) is 12.8. The summed E-state index contributed by atoms with van der Waals surface area (Å²) in [6.07, 6.45) is 10.0. The van der Waals surface area contributed by atoms with Crippen LogP contribution in [0.3, 0.4) is 0 Å². The van der Waals surface area contributed by atoms with Gasteiger partial charge in [-0.3, -0.25) is 0 Å². The SMILES string of the molecule is CC(C)(C)Cc1cc(-c2[c-]cccc2)ncc1[Si](C)(C)C.[Ir].[c-]1ccc2c(sc3cccc(-c4ccccc4)c32)c1-c1nccc2c1CCCC2. The molecule has 7 aromatic rings. The minimum atomic E-state index is -1.37. The number of rotatable bonds is 5. The molecule has 1 aliphatic carbocycles. The Morgan fingerprint density at radius 3 is 2.33 bits per heavy atom. The molecule has 0 unspecified atom stereocenters. The standard InChI is InChI=1S/C27H20NS.C19H26NSi.Ir/c1-2-8-18(9-3-1)20-12-7-15-24-25(20)22-13-6-14-23(27(22)29-24)26-21-11-5-4-10-19(21)16-17-28-26;1-19(2,3)13-16-12-17(15-10-8-7-9-11-15)20-14-18(16)21(4,5)6;/h1-3,6-9,12-13,15-17H,4-5,10-11H2;7-10,12,14H,13H2,1-6H3;/q2*-1;. The molecule has 0 amide bonds. The van der Waals surface area contributed by atoms with Gasteiger partial charge in [-0.25, -0.2) is 0 Å². The molecular formula is C46H46IrN2SSi-2. The van der Waals surface area contributed by atoms with Gasteiger partial charge in [0.05, 0.1) is 8.07 Å². The van der Waals surface area contributed by atoms with Crippen LogP contribution in [-0.2, 0) is 39.4 Å². The van der Waals surface area contributed by atoms with Gasteiger partial charge >= 0.3 is 0 Å². The Kier molecular flexibility index (Phi) is 11.2. The molecule has 0 aliphatic heterocycles. The van der Waals surface area contributed by atoms with Crippen molar-refractivity contribution >= 4 is 44.8 Å². The molecule has 5 heteroatoms. The number of hydrogen-bond acceptors (Lipinski definition) is 3. The zero-order valence-corrected chi connectivity index (χ0v) is 34.8. The molecule has 0 spiro atoms. The van der Waals surface area contributed by atoms with Gasteiger partial charge in [-0.1, -0.05) is 111 Å². The molecule has 51 heavy (non-hydrogen) atoms. The summed E-state index contributed by atoms with van der Waals surface area (Å²) in [6.45, 7) is 14.1. The topological polar surface area (TPSA) is 25.8 Å². The molecule has 0 fully saturated rings. The zero-order chi connectivity index (χ0) is 34.9. The molecule has 2 nitrogen and oxygen atoms in total. The average molecular weight is 879 g/mol. The number of aromatic nitrogens is 2. The van der Waals surface area contributed by atoms with E-state index < -0.39 is 8.07 Å². The first-order valence-corrected chi connectivity index (χ1v) is 22.2. The second-order valence-electron chi connectivity index (χ2n) is 15.7. The van der Waals surface area contributed by atoms with Crippen LogP contribution in [-0.4, -0.2) is 18.0 Å². The first kappa shape index (κ1) is 37.0. The van der Waals surface area contributed by atoms with Crippen LogP contribution < -0.4 is 5.19 Å². The van der Waals surface area contributed by atoms with Crippen LogP contribution in [0.15, 0.2) is 109 Å². The van der Waals surface area contributed by atoms with E-state index >= 15 is 0 Å². The van der Waals surface area contributed by atoms with E-state index in [9.17, 15) is 0 Å². The van der Waals surface area contributed by atoms with Crippen LogP contribution in [0.2, 0.25) is 19.6 Å². The summed E-state index contributed by atoms with van der Waals surface area (Å²) < 4.78 is 2.63. The van der Waals surface area contributed by atoms with Gasteiger partial charge in [0.25, 0.3) is 0 Å². The Labute approximate surface area is 322 Å². The van der Waals surface area contributed by atoms with Crippen LogP contribution >= 0.6 is 11.3 Å². The van der Waals surface area contributed by atoms with E-state index in [1.54, 1.807) is 0 Å². The van der Waals surface area contributed by atoms with E-state index in [1.165, 1.54) is 78.0 Å². The molecule has 261 valence electrons. The normalized spacial score (nSPS) is 12.9. The minimum Gasteiger partial charge on any atom is -0.305 e. The summed E-state index contributed by atoms with van der Waals surface area (Å²) in [5.74, 6) is 0. The Morgan fingerprint density at radius 1 is 0.804 bits per heavy atom. The Hall–Kier alpha value is -3.73. The van der Waals surface area contributed by atoms with Gasteiger partial charge < -0.3 is 9.97 Å². The Morgan fingerprint density at radius 2 is 1.59 bits per heavy atom. The van der Waals surface area contributed by atoms with Gasteiger partial charge in [-0.15, -0.1) is 59.7 Å². The van der Waals surface area contributed by atoms with Gasteiger partial charge in [0.2, 0.25) is 0 Å². The number of benzene rings is 4. The summed E-state index contributed by atoms with van der Waals surface area (Å²) in [5.41, 5.74) is 11.6. The van der Waals surface area contributed by atoms with Crippen molar-refractivity contribution in [1.29, 1.82) is 0 Å². The van der Waals surface area contributed by atoms with Crippen molar-refractivity contribution in [3.05, 3.63) is 138 Å². The molecule has 3 aromatic heterocycles. The molecule has 8 rings (SSSR count). The summed E-state index contributed by atoms with van der Waals surface area (Å²) in [7, 11) is -1.37. The second kappa shape index (κ2) is 15.5. The predicted octanol–water partition coefficient (Wildman–Crippen LogP) is 12.1. The van der Waals surface area contributed by atoms with Crippen LogP contribution in [0.5, 0.6) is 0 Å². The van der Waals surface area contributed by atoms with E-state index in [1.807, 2.05) is 35.7 Å². The van der Waals surface area contributed by atoms with Gasteiger partial charge in [-0.05, 0) is 87.4 Å². The van der Waals surface area contributed by atoms with Gasteiger partial charge in [-0.2, -0.15) is 11.3 Å². The molecule has 0 N–H and O–H groups in total. The van der Waals surface area contributed by atoms with E-state index in [4.69, 9.17) is 9.97 Å². The third-order valence-electron chi connectivity index (χ3n) is 9.56. The number of hydrogen-bond donors (Lipinski definition) is 0. The van der Waals surface area contributed by atoms with Crippen molar-refractivity contribution in [3.8, 4) is 33.6 Å². The van der Waals surface area contributed by atoms with E-state index in [2.05, 4.69) is 138 Å². The fourth-order valence-corrected chi connectivity index (χ4v) is 10.1. The summed E-state index contributed by atoms with van der Waals surface area (Å²) >= 11 is 1.87. The van der Waals surface area contributed by atoms with Crippen molar-refractivity contribution in [2.24, 2.45) is 5.41 Å². The maximum absolute atomic E-state index is 4.84. The quantitative estimate of drug-likeness (QED) is 0.127. The smallest absolute Gasteiger partial charge is 0.0798 e. The maximum atomic E-state index is 4.84. The Bertz CT molecular complexity index is 2260. The number of aryl methyl sites for hydroxylation is 1. The van der Waals surface area contributed by atoms with E-state index in [-0.39, 0.29) is 25.5 Å². The maximum Gasteiger partial charge on any atom is 0.0798 e. The fourth-order valence-electron chi connectivity index (χ4n) is 7.29. The van der Waals surface area contributed by atoms with Crippen molar-refractivity contribution in [1.82, 2.24) is 9.97 Å². The molecule has 4 aromatic carbocycles. The van der Waals surface area contributed by atoms with Crippen molar-refractivity contribution in [3.63, 3.8) is 0 Å². The first-order chi connectivity index (χ1) is 24.1. The number of fused-ring (bicyclic) bond motifs is 4. The molecule has 1 aliphatic rings. The van der Waals surface area contributed by atoms with Crippen LogP contribution in [0, 0.1) is 17.5 Å². The summed E-state index contributed by atoms with van der Waals surface area (Å²) in [6, 6.07) is 41.0. The first-order valence-electron chi connectivity index (χ1n) is 17.9. The molecule has 1 radical (unpaired) electrons. The van der Waals surface area contributed by atoms with Crippen molar-refractivity contribution in [2.75, 3.05) is 0 Å². The van der Waals surface area contributed by atoms with E-state index in [0.717, 1.165) is 29.8 Å². The van der Waals surface area contributed by atoms with Crippen molar-refractivity contribution < 1.29 is 20.1 Å². The van der Waals surface area contributed by atoms with Gasteiger partial charge in [0.15, 0.2) is 0 Å². The van der Waals surface area contributed by atoms with Crippen LogP contribution in [0.1, 0.15) is 50.3 Å². The largest absolute Gasteiger partial charge is 0.305 e. The molecule has 0 atom stereocenters.